The van der Waals surface area contributed by atoms with Crippen molar-refractivity contribution in [2.75, 3.05) is 18.4 Å². The molecule has 1 unspecified atom stereocenters. The number of nitrogens with zero attached hydrogens (tertiary/aromatic N) is 3. The number of fused-ring (bicyclic) bond motifs is 1. The van der Waals surface area contributed by atoms with E-state index < -0.39 is 27.0 Å². The van der Waals surface area contributed by atoms with Gasteiger partial charge in [0.1, 0.15) is 16.8 Å². The van der Waals surface area contributed by atoms with E-state index in [1.54, 1.807) is 56.6 Å². The van der Waals surface area contributed by atoms with Crippen molar-refractivity contribution in [3.05, 3.63) is 71.8 Å². The van der Waals surface area contributed by atoms with Crippen molar-refractivity contribution in [3.8, 4) is 22.9 Å². The summed E-state index contributed by atoms with van der Waals surface area (Å²) in [6, 6.07) is 12.0. The molecular formula is C30H35FN6O3S. The molecule has 216 valence electrons. The van der Waals surface area contributed by atoms with E-state index >= 15 is 4.39 Å². The largest absolute Gasteiger partial charge is 0.437 e. The Hall–Kier alpha value is -3.67. The van der Waals surface area contributed by atoms with Gasteiger partial charge in [-0.15, -0.1) is 0 Å². The van der Waals surface area contributed by atoms with Gasteiger partial charge in [0.05, 0.1) is 11.3 Å². The number of hydrogen-bond donors (Lipinski definition) is 3. The van der Waals surface area contributed by atoms with Gasteiger partial charge in [0.2, 0.25) is 21.9 Å². The second-order valence-corrected chi connectivity index (χ2v) is 12.8. The highest BCUT2D eigenvalue weighted by Crippen LogP contribution is 2.42. The number of aromatic nitrogens is 3. The Kier molecular flexibility index (Phi) is 8.21. The molecule has 2 aromatic carbocycles. The van der Waals surface area contributed by atoms with Crippen molar-refractivity contribution in [3.63, 3.8) is 0 Å². The van der Waals surface area contributed by atoms with Crippen LogP contribution in [-0.2, 0) is 10.0 Å². The van der Waals surface area contributed by atoms with Crippen molar-refractivity contribution in [1.82, 2.24) is 20.3 Å². The van der Waals surface area contributed by atoms with Gasteiger partial charge in [-0.3, -0.25) is 0 Å². The van der Waals surface area contributed by atoms with Crippen molar-refractivity contribution in [1.29, 1.82) is 0 Å². The second-order valence-electron chi connectivity index (χ2n) is 11.1. The molecule has 0 radical (unpaired) electrons. The number of primary sulfonamides is 1. The number of hydrogen-bond acceptors (Lipinski definition) is 8. The zero-order valence-corrected chi connectivity index (χ0v) is 24.4. The Bertz CT molecular complexity index is 1680. The van der Waals surface area contributed by atoms with Gasteiger partial charge in [-0.1, -0.05) is 32.9 Å². The second kappa shape index (κ2) is 11.7. The minimum absolute atomic E-state index is 0.0316. The predicted octanol–water partition coefficient (Wildman–Crippen LogP) is 5.33. The smallest absolute Gasteiger partial charge is 0.228 e. The lowest BCUT2D eigenvalue weighted by Crippen LogP contribution is -2.42. The minimum Gasteiger partial charge on any atom is -0.437 e. The number of nitrogens with two attached hydrogens (primary N) is 1. The van der Waals surface area contributed by atoms with E-state index in [1.807, 2.05) is 13.0 Å². The van der Waals surface area contributed by atoms with E-state index in [4.69, 9.17) is 14.9 Å². The molecule has 1 aliphatic heterocycles. The molecule has 0 aliphatic carbocycles. The first kappa shape index (κ1) is 28.8. The van der Waals surface area contributed by atoms with Gasteiger partial charge < -0.3 is 15.4 Å². The van der Waals surface area contributed by atoms with Crippen LogP contribution in [0.4, 0.5) is 10.3 Å². The summed E-state index contributed by atoms with van der Waals surface area (Å²) in [5.74, 6) is 0.728. The quantitative estimate of drug-likeness (QED) is 0.256. The van der Waals surface area contributed by atoms with E-state index in [0.29, 0.717) is 45.5 Å². The number of sulfonamides is 1. The molecule has 1 aliphatic rings. The highest BCUT2D eigenvalue weighted by Gasteiger charge is 2.32. The predicted molar refractivity (Wildman–Crippen MR) is 159 cm³/mol. The van der Waals surface area contributed by atoms with E-state index in [9.17, 15) is 8.42 Å². The van der Waals surface area contributed by atoms with Crippen LogP contribution >= 0.6 is 0 Å². The monoisotopic (exact) mass is 578 g/mol. The highest BCUT2D eigenvalue weighted by molar-refractivity contribution is 7.89. The van der Waals surface area contributed by atoms with Crippen LogP contribution in [-0.4, -0.2) is 42.5 Å². The van der Waals surface area contributed by atoms with Crippen molar-refractivity contribution in [2.24, 2.45) is 17.0 Å². The number of nitrogens with one attached hydrogen (secondary N) is 2. The van der Waals surface area contributed by atoms with Crippen LogP contribution in [0.5, 0.6) is 11.6 Å². The van der Waals surface area contributed by atoms with E-state index in [2.05, 4.69) is 27.5 Å². The zero-order valence-electron chi connectivity index (χ0n) is 23.6. The Morgan fingerprint density at radius 2 is 1.85 bits per heavy atom. The van der Waals surface area contributed by atoms with Gasteiger partial charge in [-0.25, -0.2) is 32.9 Å². The van der Waals surface area contributed by atoms with Crippen LogP contribution < -0.4 is 20.5 Å². The third-order valence-corrected chi connectivity index (χ3v) is 8.87. The fraction of sp³-hybridized carbons (Fsp3) is 0.367. The molecule has 0 saturated carbocycles. The summed E-state index contributed by atoms with van der Waals surface area (Å²) in [6.45, 7) is 9.32. The van der Waals surface area contributed by atoms with Crippen molar-refractivity contribution in [2.45, 2.75) is 45.4 Å². The molecule has 0 spiro atoms. The fourth-order valence-electron chi connectivity index (χ4n) is 5.58. The molecular weight excluding hydrogens is 543 g/mol. The average molecular weight is 579 g/mol. The number of pyridine rings is 1. The van der Waals surface area contributed by atoms with E-state index in [1.165, 1.54) is 6.07 Å². The lowest BCUT2D eigenvalue weighted by molar-refractivity contribution is 0.377. The zero-order chi connectivity index (χ0) is 29.3. The molecule has 41 heavy (non-hydrogen) atoms. The Morgan fingerprint density at radius 3 is 2.59 bits per heavy atom. The maximum absolute atomic E-state index is 15.2. The molecule has 5 rings (SSSR count). The Labute approximate surface area is 239 Å². The van der Waals surface area contributed by atoms with Crippen LogP contribution in [0, 0.1) is 24.6 Å². The molecule has 1 saturated heterocycles. The molecule has 3 heterocycles. The van der Waals surface area contributed by atoms with Crippen LogP contribution in [0.25, 0.3) is 22.0 Å². The SMILES string of the molecule is Cc1ccc2c(C(C(C)C)S(N)(=O)=O)c(F)ccc2c1Oc1ncccc1-c1ccnc(N[C@@H]2CNC[C@@H](C)C2)n1. The number of benzene rings is 2. The average Bonchev–Trinajstić information content (AvgIpc) is 2.91. The summed E-state index contributed by atoms with van der Waals surface area (Å²) in [5.41, 5.74) is 2.08. The third kappa shape index (κ3) is 6.17. The van der Waals surface area contributed by atoms with Gasteiger partial charge in [-0.2, -0.15) is 0 Å². The van der Waals surface area contributed by atoms with Gasteiger partial charge >= 0.3 is 0 Å². The minimum atomic E-state index is -4.09. The maximum atomic E-state index is 15.2. The first-order valence-electron chi connectivity index (χ1n) is 13.7. The molecule has 3 atom stereocenters. The standard InChI is InChI=1S/C30H35FN6O3S/c1-17(2)28(41(32,38)39)26-21-8-7-19(4)27(22(21)9-10-24(26)31)40-29-23(6-5-12-34-29)25-11-13-35-30(37-25)36-20-14-18(3)15-33-16-20/h5-13,17-18,20,28,33H,14-16H2,1-4H3,(H2,32,38,39)(H,35,36,37)/t18-,20-,28?/m0/s1. The topological polar surface area (TPSA) is 132 Å². The molecule has 9 nitrogen and oxygen atoms in total. The number of ether oxygens (including phenoxy) is 1. The lowest BCUT2D eigenvalue weighted by atomic mass is 9.94. The van der Waals surface area contributed by atoms with Gasteiger partial charge in [0.15, 0.2) is 0 Å². The number of anilines is 1. The van der Waals surface area contributed by atoms with Gasteiger partial charge in [-0.05, 0) is 73.0 Å². The Morgan fingerprint density at radius 1 is 1.07 bits per heavy atom. The summed E-state index contributed by atoms with van der Waals surface area (Å²) >= 11 is 0. The van der Waals surface area contributed by atoms with E-state index in [0.717, 1.165) is 25.1 Å². The molecule has 0 bridgehead atoms. The number of rotatable bonds is 8. The first-order chi connectivity index (χ1) is 19.5. The molecule has 4 aromatic rings. The van der Waals surface area contributed by atoms with Crippen LogP contribution in [0.15, 0.2) is 54.9 Å². The maximum Gasteiger partial charge on any atom is 0.228 e. The number of piperidine rings is 1. The van der Waals surface area contributed by atoms with Crippen LogP contribution in [0.2, 0.25) is 0 Å². The normalized spacial score (nSPS) is 18.4. The summed E-state index contributed by atoms with van der Waals surface area (Å²) in [6.07, 6.45) is 4.34. The van der Waals surface area contributed by atoms with Gasteiger partial charge in [0, 0.05) is 35.9 Å². The summed E-state index contributed by atoms with van der Waals surface area (Å²) in [4.78, 5) is 13.7. The Balaban J connectivity index is 1.55. The summed E-state index contributed by atoms with van der Waals surface area (Å²) in [7, 11) is -4.09. The summed E-state index contributed by atoms with van der Waals surface area (Å²) in [5, 5.41) is 12.2. The van der Waals surface area contributed by atoms with Crippen LogP contribution in [0.1, 0.15) is 43.6 Å². The number of halogens is 1. The summed E-state index contributed by atoms with van der Waals surface area (Å²) < 4.78 is 46.7. The van der Waals surface area contributed by atoms with Crippen LogP contribution in [0.3, 0.4) is 0 Å². The van der Waals surface area contributed by atoms with Gasteiger partial charge in [0.25, 0.3) is 0 Å². The molecule has 0 amide bonds. The fourth-order valence-corrected chi connectivity index (χ4v) is 6.90. The van der Waals surface area contributed by atoms with E-state index in [-0.39, 0.29) is 11.6 Å². The van der Waals surface area contributed by atoms with Crippen molar-refractivity contribution < 1.29 is 17.5 Å². The number of aryl methyl sites for hydroxylation is 1. The lowest BCUT2D eigenvalue weighted by Gasteiger charge is -2.28. The highest BCUT2D eigenvalue weighted by atomic mass is 32.2. The van der Waals surface area contributed by atoms with Crippen molar-refractivity contribution >= 4 is 26.7 Å². The molecule has 1 fully saturated rings. The molecule has 2 aromatic heterocycles. The molecule has 11 heteroatoms. The molecule has 4 N–H and O–H groups in total. The first-order valence-corrected chi connectivity index (χ1v) is 15.3. The third-order valence-electron chi connectivity index (χ3n) is 7.39.